The summed E-state index contributed by atoms with van der Waals surface area (Å²) in [5.41, 5.74) is 0. The van der Waals surface area contributed by atoms with E-state index < -0.39 is 0 Å². The van der Waals surface area contributed by atoms with Crippen LogP contribution in [0.1, 0.15) is 39.5 Å². The first-order chi connectivity index (χ1) is 6.78. The van der Waals surface area contributed by atoms with E-state index in [2.05, 4.69) is 22.4 Å². The molecule has 0 N–H and O–H groups in total. The molecule has 0 heterocycles. The summed E-state index contributed by atoms with van der Waals surface area (Å²) in [5.74, 6) is 0. The molecule has 0 aromatic rings. The lowest BCUT2D eigenvalue weighted by atomic mass is 10.2. The first-order valence-corrected chi connectivity index (χ1v) is 4.97. The second-order valence-corrected chi connectivity index (χ2v) is 3.10. The van der Waals surface area contributed by atoms with Gasteiger partial charge in [-0.2, -0.15) is 20.8 Å². The van der Waals surface area contributed by atoms with Crippen molar-refractivity contribution < 1.29 is 0 Å². The Bertz CT molecular complexity index is 220. The van der Waals surface area contributed by atoms with Crippen LogP contribution in [0.5, 0.6) is 0 Å². The zero-order chi connectivity index (χ0) is 10.8. The highest BCUT2D eigenvalue weighted by molar-refractivity contribution is 4.92. The van der Waals surface area contributed by atoms with E-state index in [0.717, 1.165) is 12.8 Å². The smallest absolute Gasteiger partial charge is 0.157 e. The molecule has 76 valence electrons. The van der Waals surface area contributed by atoms with Crippen LogP contribution < -0.4 is 0 Å². The zero-order valence-electron chi connectivity index (χ0n) is 8.77. The monoisotopic (exact) mass is 192 g/mol. The molecule has 0 bridgehead atoms. The van der Waals surface area contributed by atoms with Crippen molar-refractivity contribution in [3.63, 3.8) is 0 Å². The van der Waals surface area contributed by atoms with Gasteiger partial charge in [0, 0.05) is 0 Å². The van der Waals surface area contributed by atoms with Crippen LogP contribution >= 0.6 is 0 Å². The average molecular weight is 192 g/mol. The van der Waals surface area contributed by atoms with Gasteiger partial charge in [-0.15, -0.1) is 0 Å². The first kappa shape index (κ1) is 12.6. The largest absolute Gasteiger partial charge is 0.196 e. The third-order valence-electron chi connectivity index (χ3n) is 1.77. The molecule has 0 aromatic carbocycles. The molecule has 0 spiro atoms. The minimum Gasteiger partial charge on any atom is -0.196 e. The molecule has 0 radical (unpaired) electrons. The van der Waals surface area contributed by atoms with Gasteiger partial charge in [0.15, 0.2) is 12.1 Å². The molecule has 4 heteroatoms. The molecule has 0 amide bonds. The Balaban J connectivity index is 4.11. The lowest BCUT2D eigenvalue weighted by molar-refractivity contribution is 0.618. The van der Waals surface area contributed by atoms with Gasteiger partial charge >= 0.3 is 0 Å². The predicted octanol–water partition coefficient (Wildman–Crippen LogP) is 2.82. The highest BCUT2D eigenvalue weighted by atomic mass is 15.1. The van der Waals surface area contributed by atoms with Crippen molar-refractivity contribution >= 4 is 0 Å². The molecule has 4 nitrogen and oxygen atoms in total. The Morgan fingerprint density at radius 3 is 1.50 bits per heavy atom. The first-order valence-electron chi connectivity index (χ1n) is 4.97. The fourth-order valence-corrected chi connectivity index (χ4v) is 1.00. The SMILES string of the molecule is CCCC(C#N)N=NC(C#N)CCC. The van der Waals surface area contributed by atoms with E-state index in [9.17, 15) is 0 Å². The van der Waals surface area contributed by atoms with Gasteiger partial charge < -0.3 is 0 Å². The molecule has 0 rings (SSSR count). The summed E-state index contributed by atoms with van der Waals surface area (Å²) in [4.78, 5) is 0. The van der Waals surface area contributed by atoms with E-state index in [0.29, 0.717) is 12.8 Å². The maximum absolute atomic E-state index is 8.69. The van der Waals surface area contributed by atoms with E-state index in [4.69, 9.17) is 10.5 Å². The summed E-state index contributed by atoms with van der Waals surface area (Å²) < 4.78 is 0. The van der Waals surface area contributed by atoms with Crippen molar-refractivity contribution in [2.75, 3.05) is 0 Å². The number of nitriles is 2. The molecule has 14 heavy (non-hydrogen) atoms. The highest BCUT2D eigenvalue weighted by Gasteiger charge is 2.06. The quantitative estimate of drug-likeness (QED) is 0.607. The Morgan fingerprint density at radius 2 is 1.29 bits per heavy atom. The molecule has 0 saturated heterocycles. The molecule has 2 unspecified atom stereocenters. The number of rotatable bonds is 6. The third-order valence-corrected chi connectivity index (χ3v) is 1.77. The minimum atomic E-state index is -0.382. The zero-order valence-corrected chi connectivity index (χ0v) is 8.77. The maximum atomic E-state index is 8.69. The van der Waals surface area contributed by atoms with Crippen molar-refractivity contribution in [1.29, 1.82) is 10.5 Å². The molecule has 0 aliphatic rings. The second-order valence-electron chi connectivity index (χ2n) is 3.10. The van der Waals surface area contributed by atoms with Crippen LogP contribution in [0.15, 0.2) is 10.2 Å². The van der Waals surface area contributed by atoms with Gasteiger partial charge in [-0.1, -0.05) is 26.7 Å². The van der Waals surface area contributed by atoms with Gasteiger partial charge in [0.25, 0.3) is 0 Å². The Hall–Kier alpha value is -1.42. The van der Waals surface area contributed by atoms with Crippen molar-refractivity contribution in [1.82, 2.24) is 0 Å². The molecular weight excluding hydrogens is 176 g/mol. The lowest BCUT2D eigenvalue weighted by Gasteiger charge is -2.01. The minimum absolute atomic E-state index is 0.382. The second kappa shape index (κ2) is 8.19. The molecule has 2 atom stereocenters. The number of nitrogens with zero attached hydrogens (tertiary/aromatic N) is 4. The van der Waals surface area contributed by atoms with Crippen LogP contribution in [0.4, 0.5) is 0 Å². The Labute approximate surface area is 85.3 Å². The van der Waals surface area contributed by atoms with Crippen LogP contribution in [0, 0.1) is 22.7 Å². The van der Waals surface area contributed by atoms with Gasteiger partial charge in [0.1, 0.15) is 0 Å². The molecule has 0 aliphatic heterocycles. The molecule has 0 aromatic heterocycles. The van der Waals surface area contributed by atoms with E-state index in [1.807, 2.05) is 13.8 Å². The van der Waals surface area contributed by atoms with Crippen LogP contribution in [0.3, 0.4) is 0 Å². The van der Waals surface area contributed by atoms with Crippen LogP contribution in [0.2, 0.25) is 0 Å². The van der Waals surface area contributed by atoms with Crippen LogP contribution in [-0.2, 0) is 0 Å². The lowest BCUT2D eigenvalue weighted by Crippen LogP contribution is -2.03. The molecule has 0 aliphatic carbocycles. The van der Waals surface area contributed by atoms with E-state index in [1.54, 1.807) is 0 Å². The summed E-state index contributed by atoms with van der Waals surface area (Å²) in [6.45, 7) is 3.99. The van der Waals surface area contributed by atoms with Gasteiger partial charge in [-0.25, -0.2) is 0 Å². The third kappa shape index (κ3) is 5.27. The van der Waals surface area contributed by atoms with Crippen LogP contribution in [0.25, 0.3) is 0 Å². The summed E-state index contributed by atoms with van der Waals surface area (Å²) in [6.07, 6.45) is 3.24. The summed E-state index contributed by atoms with van der Waals surface area (Å²) in [5, 5.41) is 25.1. The fourth-order valence-electron chi connectivity index (χ4n) is 1.00. The molecular formula is C10H16N4. The number of hydrogen-bond acceptors (Lipinski definition) is 4. The Morgan fingerprint density at radius 1 is 0.929 bits per heavy atom. The summed E-state index contributed by atoms with van der Waals surface area (Å²) >= 11 is 0. The summed E-state index contributed by atoms with van der Waals surface area (Å²) in [7, 11) is 0. The average Bonchev–Trinajstić information content (AvgIpc) is 2.22. The Kier molecular flexibility index (Phi) is 7.36. The van der Waals surface area contributed by atoms with E-state index in [-0.39, 0.29) is 12.1 Å². The van der Waals surface area contributed by atoms with Gasteiger partial charge in [-0.05, 0) is 12.8 Å². The van der Waals surface area contributed by atoms with Crippen molar-refractivity contribution in [2.24, 2.45) is 10.2 Å². The summed E-state index contributed by atoms with van der Waals surface area (Å²) in [6, 6.07) is 3.35. The topological polar surface area (TPSA) is 72.3 Å². The molecule has 0 fully saturated rings. The molecule has 0 saturated carbocycles. The van der Waals surface area contributed by atoms with E-state index >= 15 is 0 Å². The number of hydrogen-bond donors (Lipinski definition) is 0. The normalized spacial score (nSPS) is 14.6. The van der Waals surface area contributed by atoms with Gasteiger partial charge in [-0.3, -0.25) is 0 Å². The standard InChI is InChI=1S/C10H16N4/c1-3-5-9(7-11)13-14-10(8-12)6-4-2/h9-10H,3-6H2,1-2H3. The number of azo groups is 1. The van der Waals surface area contributed by atoms with Crippen molar-refractivity contribution in [3.05, 3.63) is 0 Å². The van der Waals surface area contributed by atoms with Crippen molar-refractivity contribution in [2.45, 2.75) is 51.6 Å². The van der Waals surface area contributed by atoms with Crippen molar-refractivity contribution in [3.8, 4) is 12.1 Å². The van der Waals surface area contributed by atoms with Crippen LogP contribution in [-0.4, -0.2) is 12.1 Å². The predicted molar refractivity (Wildman–Crippen MR) is 53.5 cm³/mol. The maximum Gasteiger partial charge on any atom is 0.157 e. The van der Waals surface area contributed by atoms with Gasteiger partial charge in [0.05, 0.1) is 12.1 Å². The highest BCUT2D eigenvalue weighted by Crippen LogP contribution is 2.05. The van der Waals surface area contributed by atoms with E-state index in [1.165, 1.54) is 0 Å². The fraction of sp³-hybridized carbons (Fsp3) is 0.800. The van der Waals surface area contributed by atoms with Gasteiger partial charge in [0.2, 0.25) is 0 Å².